The van der Waals surface area contributed by atoms with Gasteiger partial charge < -0.3 is 15.5 Å². The third-order valence-corrected chi connectivity index (χ3v) is 4.02. The van der Waals surface area contributed by atoms with Gasteiger partial charge in [-0.25, -0.2) is 9.97 Å². The molecule has 0 aromatic carbocycles. The molecule has 1 amide bonds. The van der Waals surface area contributed by atoms with Crippen molar-refractivity contribution in [2.45, 2.75) is 12.5 Å². The minimum absolute atomic E-state index is 0.0627. The van der Waals surface area contributed by atoms with Gasteiger partial charge in [-0.3, -0.25) is 4.79 Å². The van der Waals surface area contributed by atoms with Gasteiger partial charge in [0.25, 0.3) is 0 Å². The van der Waals surface area contributed by atoms with E-state index in [1.165, 1.54) is 0 Å². The van der Waals surface area contributed by atoms with Gasteiger partial charge in [-0.2, -0.15) is 11.8 Å². The molecule has 1 aromatic rings. The van der Waals surface area contributed by atoms with Crippen LogP contribution in [0, 0.1) is 0 Å². The molecular weight excluding hydrogens is 274 g/mol. The van der Waals surface area contributed by atoms with Crippen LogP contribution in [-0.2, 0) is 4.79 Å². The van der Waals surface area contributed by atoms with E-state index in [-0.39, 0.29) is 11.9 Å². The number of aromatic nitrogens is 2. The average molecular weight is 295 g/mol. The van der Waals surface area contributed by atoms with Gasteiger partial charge in [-0.1, -0.05) is 0 Å². The number of nitrogens with two attached hydrogens (primary N) is 1. The summed E-state index contributed by atoms with van der Waals surface area (Å²) in [6.07, 6.45) is 6.23. The fraction of sp³-hybridized carbons (Fsp3) is 0.615. The molecule has 0 bridgehead atoms. The number of piperazine rings is 1. The van der Waals surface area contributed by atoms with E-state index in [1.54, 1.807) is 30.2 Å². The summed E-state index contributed by atoms with van der Waals surface area (Å²) < 4.78 is 0. The van der Waals surface area contributed by atoms with Crippen molar-refractivity contribution in [1.29, 1.82) is 0 Å². The molecule has 2 heterocycles. The fourth-order valence-corrected chi connectivity index (χ4v) is 2.67. The van der Waals surface area contributed by atoms with E-state index in [4.69, 9.17) is 5.73 Å². The fourth-order valence-electron chi connectivity index (χ4n) is 2.18. The SMILES string of the molecule is CSCCC(N)C(=O)N1CCN(c2ncccn2)CC1. The minimum atomic E-state index is -0.373. The number of hydrogen-bond donors (Lipinski definition) is 1. The highest BCUT2D eigenvalue weighted by molar-refractivity contribution is 7.98. The number of hydrogen-bond acceptors (Lipinski definition) is 6. The second-order valence-corrected chi connectivity index (χ2v) is 5.73. The number of nitrogens with zero attached hydrogens (tertiary/aromatic N) is 4. The van der Waals surface area contributed by atoms with Crippen LogP contribution in [0.1, 0.15) is 6.42 Å². The molecule has 2 rings (SSSR count). The van der Waals surface area contributed by atoms with Crippen LogP contribution in [0.4, 0.5) is 5.95 Å². The maximum Gasteiger partial charge on any atom is 0.239 e. The molecule has 1 aliphatic rings. The minimum Gasteiger partial charge on any atom is -0.338 e. The summed E-state index contributed by atoms with van der Waals surface area (Å²) in [6, 6.07) is 1.43. The normalized spacial score (nSPS) is 17.1. The van der Waals surface area contributed by atoms with Crippen LogP contribution in [0.2, 0.25) is 0 Å². The molecule has 2 N–H and O–H groups in total. The van der Waals surface area contributed by atoms with E-state index < -0.39 is 0 Å². The predicted molar refractivity (Wildman–Crippen MR) is 81.8 cm³/mol. The molecule has 1 atom stereocenters. The highest BCUT2D eigenvalue weighted by Crippen LogP contribution is 2.11. The Bertz CT molecular complexity index is 422. The Balaban J connectivity index is 1.83. The lowest BCUT2D eigenvalue weighted by Crippen LogP contribution is -2.53. The van der Waals surface area contributed by atoms with Crippen LogP contribution in [0.3, 0.4) is 0 Å². The molecule has 6 nitrogen and oxygen atoms in total. The third kappa shape index (κ3) is 3.83. The van der Waals surface area contributed by atoms with Crippen molar-refractivity contribution in [2.75, 3.05) is 43.1 Å². The Morgan fingerprint density at radius 3 is 2.60 bits per heavy atom. The zero-order valence-electron chi connectivity index (χ0n) is 11.7. The van der Waals surface area contributed by atoms with Gasteiger partial charge in [-0.05, 0) is 24.5 Å². The highest BCUT2D eigenvalue weighted by atomic mass is 32.2. The first-order chi connectivity index (χ1) is 9.72. The lowest BCUT2D eigenvalue weighted by molar-refractivity contribution is -0.132. The number of rotatable bonds is 5. The topological polar surface area (TPSA) is 75.4 Å². The first kappa shape index (κ1) is 15.1. The van der Waals surface area contributed by atoms with Crippen LogP contribution in [0.5, 0.6) is 0 Å². The number of carbonyl (C=O) groups is 1. The maximum absolute atomic E-state index is 12.2. The van der Waals surface area contributed by atoms with Crippen LogP contribution in [0.15, 0.2) is 18.5 Å². The molecular formula is C13H21N5OS. The molecule has 110 valence electrons. The number of amides is 1. The van der Waals surface area contributed by atoms with Crippen molar-refractivity contribution in [1.82, 2.24) is 14.9 Å². The molecule has 1 saturated heterocycles. The number of thioether (sulfide) groups is 1. The van der Waals surface area contributed by atoms with Gasteiger partial charge in [0.2, 0.25) is 11.9 Å². The molecule has 1 unspecified atom stereocenters. The zero-order chi connectivity index (χ0) is 14.4. The quantitative estimate of drug-likeness (QED) is 0.837. The van der Waals surface area contributed by atoms with Crippen molar-refractivity contribution in [3.63, 3.8) is 0 Å². The summed E-state index contributed by atoms with van der Waals surface area (Å²) in [5.74, 6) is 1.71. The van der Waals surface area contributed by atoms with Crippen LogP contribution in [-0.4, -0.2) is 65.0 Å². The maximum atomic E-state index is 12.2. The highest BCUT2D eigenvalue weighted by Gasteiger charge is 2.25. The van der Waals surface area contributed by atoms with Gasteiger partial charge >= 0.3 is 0 Å². The average Bonchev–Trinajstić information content (AvgIpc) is 2.53. The molecule has 1 aromatic heterocycles. The lowest BCUT2D eigenvalue weighted by atomic mass is 10.2. The Labute approximate surface area is 123 Å². The van der Waals surface area contributed by atoms with Gasteiger partial charge in [0.1, 0.15) is 0 Å². The first-order valence-corrected chi connectivity index (χ1v) is 8.17. The molecule has 20 heavy (non-hydrogen) atoms. The van der Waals surface area contributed by atoms with Gasteiger partial charge in [-0.15, -0.1) is 0 Å². The predicted octanol–water partition coefficient (Wildman–Crippen LogP) is 0.206. The van der Waals surface area contributed by atoms with E-state index >= 15 is 0 Å². The van der Waals surface area contributed by atoms with Crippen molar-refractivity contribution >= 4 is 23.6 Å². The van der Waals surface area contributed by atoms with Crippen molar-refractivity contribution in [3.05, 3.63) is 18.5 Å². The summed E-state index contributed by atoms with van der Waals surface area (Å²) in [6.45, 7) is 2.88. The van der Waals surface area contributed by atoms with E-state index in [0.717, 1.165) is 31.2 Å². The van der Waals surface area contributed by atoms with Crippen molar-refractivity contribution < 1.29 is 4.79 Å². The summed E-state index contributed by atoms with van der Waals surface area (Å²) in [5.41, 5.74) is 5.94. The molecule has 7 heteroatoms. The molecule has 0 spiro atoms. The van der Waals surface area contributed by atoms with Crippen molar-refractivity contribution in [2.24, 2.45) is 5.73 Å². The summed E-state index contributed by atoms with van der Waals surface area (Å²) in [5, 5.41) is 0. The standard InChI is InChI=1S/C13H21N5OS/c1-20-10-3-11(14)12(19)17-6-8-18(9-7-17)13-15-4-2-5-16-13/h2,4-5,11H,3,6-10,14H2,1H3. The number of carbonyl (C=O) groups excluding carboxylic acids is 1. The first-order valence-electron chi connectivity index (χ1n) is 6.77. The van der Waals surface area contributed by atoms with Crippen molar-refractivity contribution in [3.8, 4) is 0 Å². The second-order valence-electron chi connectivity index (χ2n) is 4.75. The monoisotopic (exact) mass is 295 g/mol. The smallest absolute Gasteiger partial charge is 0.239 e. The van der Waals surface area contributed by atoms with Crippen LogP contribution >= 0.6 is 11.8 Å². The lowest BCUT2D eigenvalue weighted by Gasteiger charge is -2.35. The Morgan fingerprint density at radius 2 is 2.00 bits per heavy atom. The van der Waals surface area contributed by atoms with Gasteiger partial charge in [0, 0.05) is 38.6 Å². The molecule has 0 radical (unpaired) electrons. The van der Waals surface area contributed by atoms with Crippen LogP contribution in [0.25, 0.3) is 0 Å². The molecule has 1 aliphatic heterocycles. The Hall–Kier alpha value is -1.34. The largest absolute Gasteiger partial charge is 0.338 e. The van der Waals surface area contributed by atoms with E-state index in [2.05, 4.69) is 14.9 Å². The van der Waals surface area contributed by atoms with E-state index in [1.807, 2.05) is 11.2 Å². The molecule has 0 saturated carbocycles. The third-order valence-electron chi connectivity index (χ3n) is 3.38. The zero-order valence-corrected chi connectivity index (χ0v) is 12.6. The second kappa shape index (κ2) is 7.44. The Morgan fingerprint density at radius 1 is 1.35 bits per heavy atom. The summed E-state index contributed by atoms with van der Waals surface area (Å²) in [4.78, 5) is 24.6. The van der Waals surface area contributed by atoms with Gasteiger partial charge in [0.15, 0.2) is 0 Å². The van der Waals surface area contributed by atoms with E-state index in [0.29, 0.717) is 13.1 Å². The molecule has 1 fully saturated rings. The summed E-state index contributed by atoms with van der Waals surface area (Å²) in [7, 11) is 0. The van der Waals surface area contributed by atoms with E-state index in [9.17, 15) is 4.79 Å². The van der Waals surface area contributed by atoms with Gasteiger partial charge in [0.05, 0.1) is 6.04 Å². The summed E-state index contributed by atoms with van der Waals surface area (Å²) >= 11 is 1.72. The molecule has 0 aliphatic carbocycles. The van der Waals surface area contributed by atoms with Crippen LogP contribution < -0.4 is 10.6 Å². The Kier molecular flexibility index (Phi) is 5.60. The number of anilines is 1.